The largest absolute Gasteiger partial charge is 0.507 e. The summed E-state index contributed by atoms with van der Waals surface area (Å²) in [6.45, 7) is 5.57. The van der Waals surface area contributed by atoms with Gasteiger partial charge < -0.3 is 28.8 Å². The summed E-state index contributed by atoms with van der Waals surface area (Å²) < 4.78 is 18.6. The molecule has 1 atom stereocenters. The van der Waals surface area contributed by atoms with Gasteiger partial charge in [0.1, 0.15) is 11.5 Å². The number of carbonyl (C=O) groups is 2. The van der Waals surface area contributed by atoms with E-state index in [1.165, 1.54) is 4.90 Å². The van der Waals surface area contributed by atoms with Gasteiger partial charge in [0.15, 0.2) is 11.5 Å². The number of carbonyl (C=O) groups excluding carboxylic acids is 2. The normalized spacial score (nSPS) is 16.7. The van der Waals surface area contributed by atoms with E-state index in [4.69, 9.17) is 14.2 Å². The number of aryl methyl sites for hydroxylation is 1. The van der Waals surface area contributed by atoms with Gasteiger partial charge in [0, 0.05) is 31.0 Å². The number of methoxy groups -OCH3 is 1. The number of aromatic nitrogens is 2. The molecule has 0 unspecified atom stereocenters. The Hall–Kier alpha value is -4.27. The third-order valence-corrected chi connectivity index (χ3v) is 6.16. The number of hydrogen-bond donors (Lipinski definition) is 1. The van der Waals surface area contributed by atoms with Crippen molar-refractivity contribution >= 4 is 17.4 Å². The van der Waals surface area contributed by atoms with Gasteiger partial charge >= 0.3 is 0 Å². The van der Waals surface area contributed by atoms with Gasteiger partial charge in [-0.05, 0) is 62.2 Å². The van der Waals surface area contributed by atoms with E-state index in [-0.39, 0.29) is 11.3 Å². The van der Waals surface area contributed by atoms with Crippen molar-refractivity contribution in [3.8, 4) is 17.2 Å². The maximum Gasteiger partial charge on any atom is 0.295 e. The van der Waals surface area contributed by atoms with Crippen molar-refractivity contribution < 1.29 is 28.9 Å². The Morgan fingerprint density at radius 2 is 1.73 bits per heavy atom. The van der Waals surface area contributed by atoms with Crippen molar-refractivity contribution in [3.63, 3.8) is 0 Å². The lowest BCUT2D eigenvalue weighted by Crippen LogP contribution is -2.31. The quantitative estimate of drug-likeness (QED) is 0.237. The van der Waals surface area contributed by atoms with Crippen molar-refractivity contribution in [1.82, 2.24) is 14.5 Å². The first-order valence-corrected chi connectivity index (χ1v) is 12.3. The molecule has 1 N–H and O–H groups in total. The van der Waals surface area contributed by atoms with Gasteiger partial charge in [-0.3, -0.25) is 9.59 Å². The van der Waals surface area contributed by atoms with Crippen molar-refractivity contribution in [1.29, 1.82) is 0 Å². The molecule has 0 saturated carbocycles. The molecule has 9 heteroatoms. The van der Waals surface area contributed by atoms with Gasteiger partial charge in [-0.15, -0.1) is 0 Å². The molecule has 0 radical (unpaired) electrons. The van der Waals surface area contributed by atoms with Crippen molar-refractivity contribution in [2.24, 2.45) is 0 Å². The molecule has 37 heavy (non-hydrogen) atoms. The summed E-state index contributed by atoms with van der Waals surface area (Å²) in [5.74, 6) is 0.0665. The summed E-state index contributed by atoms with van der Waals surface area (Å²) in [5.41, 5.74) is 1.09. The topological polar surface area (TPSA) is 103 Å². The monoisotopic (exact) mass is 505 g/mol. The fraction of sp³-hybridized carbons (Fsp3) is 0.321. The number of ketones is 1. The van der Waals surface area contributed by atoms with Crippen LogP contribution in [0.2, 0.25) is 0 Å². The van der Waals surface area contributed by atoms with Crippen molar-refractivity contribution in [2.75, 3.05) is 26.9 Å². The molecule has 2 aromatic carbocycles. The predicted molar refractivity (Wildman–Crippen MR) is 138 cm³/mol. The minimum Gasteiger partial charge on any atom is -0.507 e. The Bertz CT molecular complexity index is 1270. The van der Waals surface area contributed by atoms with Crippen LogP contribution in [-0.2, 0) is 16.1 Å². The van der Waals surface area contributed by atoms with E-state index in [2.05, 4.69) is 4.98 Å². The molecule has 194 valence electrons. The second-order valence-corrected chi connectivity index (χ2v) is 8.45. The molecule has 2 heterocycles. The van der Waals surface area contributed by atoms with Gasteiger partial charge in [0.2, 0.25) is 0 Å². The SMILES string of the molecule is CCOc1ccc([C@@H]2/C(=C(\O)c3ccc(OC)cc3)C(=O)C(=O)N2CCCn2ccnc2)cc1OCC. The molecule has 4 rings (SSSR count). The number of amides is 1. The van der Waals surface area contributed by atoms with Crippen molar-refractivity contribution in [2.45, 2.75) is 32.9 Å². The Kier molecular flexibility index (Phi) is 8.12. The standard InChI is InChI=1S/C28H31N3O6/c1-4-36-22-12-9-20(17-23(22)37-5-2)25-24(26(32)19-7-10-21(35-3)11-8-19)27(33)28(34)31(25)15-6-14-30-16-13-29-18-30/h7-13,16-18,25,32H,4-6,14-15H2,1-3H3/b26-24+/t25-/m1/s1. The Labute approximate surface area is 215 Å². The molecule has 1 fully saturated rings. The number of hydrogen-bond acceptors (Lipinski definition) is 7. The fourth-order valence-electron chi connectivity index (χ4n) is 4.44. The van der Waals surface area contributed by atoms with E-state index in [0.717, 1.165) is 0 Å². The number of nitrogens with zero attached hydrogens (tertiary/aromatic N) is 3. The molecular formula is C28H31N3O6. The minimum absolute atomic E-state index is 0.0319. The summed E-state index contributed by atoms with van der Waals surface area (Å²) in [4.78, 5) is 32.1. The van der Waals surface area contributed by atoms with E-state index in [1.54, 1.807) is 62.1 Å². The van der Waals surface area contributed by atoms with Crippen LogP contribution in [0.25, 0.3) is 5.76 Å². The molecule has 0 aliphatic carbocycles. The predicted octanol–water partition coefficient (Wildman–Crippen LogP) is 4.20. The number of likely N-dealkylation sites (tertiary alicyclic amines) is 1. The highest BCUT2D eigenvalue weighted by Crippen LogP contribution is 2.42. The summed E-state index contributed by atoms with van der Waals surface area (Å²) in [6, 6.07) is 11.2. The third-order valence-electron chi connectivity index (χ3n) is 6.16. The van der Waals surface area contributed by atoms with Gasteiger partial charge in [0.25, 0.3) is 11.7 Å². The Morgan fingerprint density at radius 3 is 2.38 bits per heavy atom. The highest BCUT2D eigenvalue weighted by molar-refractivity contribution is 6.46. The molecular weight excluding hydrogens is 474 g/mol. The molecule has 0 bridgehead atoms. The lowest BCUT2D eigenvalue weighted by Gasteiger charge is -2.26. The van der Waals surface area contributed by atoms with Crippen LogP contribution in [0.5, 0.6) is 17.2 Å². The van der Waals surface area contributed by atoms with Crippen LogP contribution in [0.1, 0.15) is 37.4 Å². The van der Waals surface area contributed by atoms with E-state index in [1.807, 2.05) is 24.6 Å². The number of Topliss-reactive ketones (excluding diaryl/α,β-unsaturated/α-hetero) is 1. The minimum atomic E-state index is -0.792. The number of ether oxygens (including phenoxy) is 3. The van der Waals surface area contributed by atoms with Gasteiger partial charge in [-0.2, -0.15) is 0 Å². The highest BCUT2D eigenvalue weighted by atomic mass is 16.5. The summed E-state index contributed by atoms with van der Waals surface area (Å²) >= 11 is 0. The molecule has 1 amide bonds. The van der Waals surface area contributed by atoms with E-state index in [0.29, 0.717) is 61.1 Å². The highest BCUT2D eigenvalue weighted by Gasteiger charge is 2.46. The van der Waals surface area contributed by atoms with Crippen LogP contribution >= 0.6 is 0 Å². The molecule has 1 aliphatic rings. The molecule has 1 aromatic heterocycles. The summed E-state index contributed by atoms with van der Waals surface area (Å²) in [6.07, 6.45) is 5.83. The average Bonchev–Trinajstić information content (AvgIpc) is 3.52. The smallest absolute Gasteiger partial charge is 0.295 e. The maximum atomic E-state index is 13.3. The molecule has 0 spiro atoms. The summed E-state index contributed by atoms with van der Waals surface area (Å²) in [5, 5.41) is 11.3. The Morgan fingerprint density at radius 1 is 1.00 bits per heavy atom. The average molecular weight is 506 g/mol. The van der Waals surface area contributed by atoms with Crippen LogP contribution in [0.4, 0.5) is 0 Å². The zero-order chi connectivity index (χ0) is 26.4. The molecule has 9 nitrogen and oxygen atoms in total. The van der Waals surface area contributed by atoms with Crippen LogP contribution in [0, 0.1) is 0 Å². The summed E-state index contributed by atoms with van der Waals surface area (Å²) in [7, 11) is 1.55. The van der Waals surface area contributed by atoms with Crippen molar-refractivity contribution in [3.05, 3.63) is 77.9 Å². The van der Waals surface area contributed by atoms with Gasteiger partial charge in [-0.1, -0.05) is 6.07 Å². The van der Waals surface area contributed by atoms with E-state index < -0.39 is 17.7 Å². The first-order valence-electron chi connectivity index (χ1n) is 12.3. The van der Waals surface area contributed by atoms with E-state index in [9.17, 15) is 14.7 Å². The first-order chi connectivity index (χ1) is 18.0. The number of aliphatic hydroxyl groups is 1. The zero-order valence-electron chi connectivity index (χ0n) is 21.2. The molecule has 1 saturated heterocycles. The number of benzene rings is 2. The van der Waals surface area contributed by atoms with Gasteiger partial charge in [0.05, 0.1) is 38.3 Å². The van der Waals surface area contributed by atoms with E-state index >= 15 is 0 Å². The van der Waals surface area contributed by atoms with Crippen LogP contribution < -0.4 is 14.2 Å². The Balaban J connectivity index is 1.77. The number of imidazole rings is 1. The number of rotatable bonds is 11. The molecule has 3 aromatic rings. The van der Waals surface area contributed by atoms with Crippen LogP contribution in [-0.4, -0.2) is 58.1 Å². The lowest BCUT2D eigenvalue weighted by atomic mass is 9.95. The van der Waals surface area contributed by atoms with Crippen LogP contribution in [0.3, 0.4) is 0 Å². The maximum absolute atomic E-state index is 13.3. The second kappa shape index (κ2) is 11.6. The fourth-order valence-corrected chi connectivity index (χ4v) is 4.44. The van der Waals surface area contributed by atoms with Gasteiger partial charge in [-0.25, -0.2) is 4.98 Å². The van der Waals surface area contributed by atoms with Crippen LogP contribution in [0.15, 0.2) is 66.8 Å². The third kappa shape index (κ3) is 5.45. The lowest BCUT2D eigenvalue weighted by molar-refractivity contribution is -0.139. The zero-order valence-corrected chi connectivity index (χ0v) is 21.2. The second-order valence-electron chi connectivity index (χ2n) is 8.45. The molecule has 1 aliphatic heterocycles. The number of aliphatic hydroxyl groups excluding tert-OH is 1. The first kappa shape index (κ1) is 25.8.